The molecule has 3 aromatic rings. The number of pyridine rings is 1. The lowest BCUT2D eigenvalue weighted by molar-refractivity contribution is -0.115. The van der Waals surface area contributed by atoms with Crippen LogP contribution in [0.15, 0.2) is 65.8 Å². The second kappa shape index (κ2) is 6.52. The van der Waals surface area contributed by atoms with E-state index in [0.717, 1.165) is 22.4 Å². The first-order chi connectivity index (χ1) is 12.6. The highest BCUT2D eigenvalue weighted by Crippen LogP contribution is 2.30. The lowest BCUT2D eigenvalue weighted by Crippen LogP contribution is -2.15. The van der Waals surface area contributed by atoms with Crippen LogP contribution in [0.4, 0.5) is 15.8 Å². The van der Waals surface area contributed by atoms with Gasteiger partial charge in [-0.2, -0.15) is 0 Å². The molecule has 0 atom stereocenters. The molecule has 0 radical (unpaired) electrons. The van der Waals surface area contributed by atoms with Crippen molar-refractivity contribution >= 4 is 23.0 Å². The fourth-order valence-corrected chi connectivity index (χ4v) is 3.00. The summed E-state index contributed by atoms with van der Waals surface area (Å²) in [5.41, 5.74) is 5.39. The Morgan fingerprint density at radius 1 is 1.00 bits per heavy atom. The summed E-state index contributed by atoms with van der Waals surface area (Å²) in [4.78, 5) is 21.0. The molecule has 4 rings (SSSR count). The van der Waals surface area contributed by atoms with Gasteiger partial charge in [0, 0.05) is 18.0 Å². The van der Waals surface area contributed by atoms with Crippen molar-refractivity contribution in [3.63, 3.8) is 0 Å². The van der Waals surface area contributed by atoms with Crippen LogP contribution in [0.2, 0.25) is 0 Å². The maximum Gasteiger partial charge on any atom is 0.230 e. The standard InChI is InChI=1S/C21H16FN3O/c1-13-9-15(7-8-23-13)14-3-2-4-16(10-14)19-12-21(26)25-18-6-5-17(22)11-20(18)24-19/h2-11H,12H2,1H3,(H,25,26). The van der Waals surface area contributed by atoms with E-state index < -0.39 is 0 Å². The molecule has 1 N–H and O–H groups in total. The number of carbonyl (C=O) groups excluding carboxylic acids is 1. The van der Waals surface area contributed by atoms with E-state index in [4.69, 9.17) is 0 Å². The number of aliphatic imine (C=N–C) groups is 1. The molecule has 1 aromatic heterocycles. The average molecular weight is 345 g/mol. The van der Waals surface area contributed by atoms with Crippen molar-refractivity contribution in [3.05, 3.63) is 77.9 Å². The number of rotatable bonds is 2. The molecule has 0 aliphatic carbocycles. The van der Waals surface area contributed by atoms with E-state index in [1.165, 1.54) is 18.2 Å². The van der Waals surface area contributed by atoms with Crippen molar-refractivity contribution in [3.8, 4) is 11.1 Å². The molecule has 5 heteroatoms. The Kier molecular flexibility index (Phi) is 4.05. The van der Waals surface area contributed by atoms with Gasteiger partial charge in [-0.1, -0.05) is 18.2 Å². The minimum atomic E-state index is -0.385. The summed E-state index contributed by atoms with van der Waals surface area (Å²) in [5, 5.41) is 2.77. The van der Waals surface area contributed by atoms with Gasteiger partial charge in [0.05, 0.1) is 23.5 Å². The molecule has 0 spiro atoms. The van der Waals surface area contributed by atoms with Gasteiger partial charge in [-0.15, -0.1) is 0 Å². The number of hydrogen-bond donors (Lipinski definition) is 1. The molecule has 4 nitrogen and oxygen atoms in total. The molecule has 0 fully saturated rings. The quantitative estimate of drug-likeness (QED) is 0.734. The highest BCUT2D eigenvalue weighted by molar-refractivity contribution is 6.17. The predicted octanol–water partition coefficient (Wildman–Crippen LogP) is 4.66. The van der Waals surface area contributed by atoms with Crippen LogP contribution in [0.3, 0.4) is 0 Å². The molecule has 1 aliphatic rings. The maximum atomic E-state index is 13.6. The Hall–Kier alpha value is -3.34. The molecule has 1 amide bonds. The van der Waals surface area contributed by atoms with E-state index in [0.29, 0.717) is 17.1 Å². The number of nitrogens with zero attached hydrogens (tertiary/aromatic N) is 2. The molecule has 2 heterocycles. The van der Waals surface area contributed by atoms with Gasteiger partial charge in [-0.3, -0.25) is 9.78 Å². The second-order valence-corrected chi connectivity index (χ2v) is 6.21. The summed E-state index contributed by atoms with van der Waals surface area (Å²) in [5.74, 6) is -0.553. The van der Waals surface area contributed by atoms with Gasteiger partial charge in [-0.05, 0) is 53.9 Å². The van der Waals surface area contributed by atoms with Gasteiger partial charge in [0.2, 0.25) is 5.91 Å². The Bertz CT molecular complexity index is 1040. The molecule has 0 bridgehead atoms. The predicted molar refractivity (Wildman–Crippen MR) is 100 cm³/mol. The van der Waals surface area contributed by atoms with Gasteiger partial charge < -0.3 is 5.32 Å². The highest BCUT2D eigenvalue weighted by atomic mass is 19.1. The number of amides is 1. The number of nitrogens with one attached hydrogen (secondary N) is 1. The van der Waals surface area contributed by atoms with Crippen molar-refractivity contribution in [2.24, 2.45) is 4.99 Å². The summed E-state index contributed by atoms with van der Waals surface area (Å²) < 4.78 is 13.6. The van der Waals surface area contributed by atoms with Crippen LogP contribution in [0.25, 0.3) is 11.1 Å². The first-order valence-electron chi connectivity index (χ1n) is 8.29. The van der Waals surface area contributed by atoms with Gasteiger partial charge in [0.25, 0.3) is 0 Å². The average Bonchev–Trinajstić information content (AvgIpc) is 2.79. The summed E-state index contributed by atoms with van der Waals surface area (Å²) in [6.07, 6.45) is 1.90. The molecule has 26 heavy (non-hydrogen) atoms. The SMILES string of the molecule is Cc1cc(-c2cccc(C3=Nc4cc(F)ccc4NC(=O)C3)c2)ccn1. The third-order valence-electron chi connectivity index (χ3n) is 4.24. The van der Waals surface area contributed by atoms with Crippen molar-refractivity contribution < 1.29 is 9.18 Å². The largest absolute Gasteiger partial charge is 0.324 e. The molecule has 0 unspecified atom stereocenters. The van der Waals surface area contributed by atoms with Crippen LogP contribution in [0.1, 0.15) is 17.7 Å². The first kappa shape index (κ1) is 16.1. The topological polar surface area (TPSA) is 54.4 Å². The molecular weight excluding hydrogens is 329 g/mol. The first-order valence-corrected chi connectivity index (χ1v) is 8.29. The maximum absolute atomic E-state index is 13.6. The van der Waals surface area contributed by atoms with Crippen LogP contribution in [0.5, 0.6) is 0 Å². The summed E-state index contributed by atoms with van der Waals surface area (Å²) in [6, 6.07) is 16.0. The number of halogens is 1. The number of anilines is 1. The summed E-state index contributed by atoms with van der Waals surface area (Å²) in [7, 11) is 0. The minimum Gasteiger partial charge on any atom is -0.324 e. The van der Waals surface area contributed by atoms with Crippen LogP contribution in [-0.2, 0) is 4.79 Å². The fraction of sp³-hybridized carbons (Fsp3) is 0.0952. The number of fused-ring (bicyclic) bond motifs is 1. The zero-order valence-corrected chi connectivity index (χ0v) is 14.2. The van der Waals surface area contributed by atoms with Crippen molar-refractivity contribution in [1.82, 2.24) is 4.98 Å². The highest BCUT2D eigenvalue weighted by Gasteiger charge is 2.18. The number of aromatic nitrogens is 1. The molecule has 128 valence electrons. The zero-order chi connectivity index (χ0) is 18.1. The van der Waals surface area contributed by atoms with Crippen molar-refractivity contribution in [2.45, 2.75) is 13.3 Å². The van der Waals surface area contributed by atoms with Crippen LogP contribution in [-0.4, -0.2) is 16.6 Å². The van der Waals surface area contributed by atoms with E-state index in [1.54, 1.807) is 6.20 Å². The molecule has 0 saturated heterocycles. The normalized spacial score (nSPS) is 13.5. The van der Waals surface area contributed by atoms with E-state index in [1.807, 2.05) is 43.3 Å². The lowest BCUT2D eigenvalue weighted by atomic mass is 10.00. The van der Waals surface area contributed by atoms with Crippen LogP contribution >= 0.6 is 0 Å². The molecule has 2 aromatic carbocycles. The minimum absolute atomic E-state index is 0.134. The lowest BCUT2D eigenvalue weighted by Gasteiger charge is -2.07. The third-order valence-corrected chi connectivity index (χ3v) is 4.24. The molecule has 1 aliphatic heterocycles. The van der Waals surface area contributed by atoms with Crippen LogP contribution in [0, 0.1) is 12.7 Å². The zero-order valence-electron chi connectivity index (χ0n) is 14.2. The van der Waals surface area contributed by atoms with E-state index >= 15 is 0 Å². The second-order valence-electron chi connectivity index (χ2n) is 6.21. The van der Waals surface area contributed by atoms with Gasteiger partial charge >= 0.3 is 0 Å². The van der Waals surface area contributed by atoms with Crippen molar-refractivity contribution in [2.75, 3.05) is 5.32 Å². The Labute approximate surface area is 150 Å². The Balaban J connectivity index is 1.79. The van der Waals surface area contributed by atoms with Crippen LogP contribution < -0.4 is 5.32 Å². The van der Waals surface area contributed by atoms with Gasteiger partial charge in [0.15, 0.2) is 0 Å². The van der Waals surface area contributed by atoms with Gasteiger partial charge in [-0.25, -0.2) is 9.38 Å². The Morgan fingerprint density at radius 2 is 1.81 bits per heavy atom. The monoisotopic (exact) mass is 345 g/mol. The third kappa shape index (κ3) is 3.24. The van der Waals surface area contributed by atoms with Gasteiger partial charge in [0.1, 0.15) is 5.82 Å². The van der Waals surface area contributed by atoms with Crippen molar-refractivity contribution in [1.29, 1.82) is 0 Å². The smallest absolute Gasteiger partial charge is 0.230 e. The Morgan fingerprint density at radius 3 is 2.65 bits per heavy atom. The molecular formula is C21H16FN3O. The van der Waals surface area contributed by atoms with E-state index in [2.05, 4.69) is 15.3 Å². The molecule has 0 saturated carbocycles. The van der Waals surface area contributed by atoms with E-state index in [9.17, 15) is 9.18 Å². The van der Waals surface area contributed by atoms with E-state index in [-0.39, 0.29) is 18.1 Å². The summed E-state index contributed by atoms with van der Waals surface area (Å²) in [6.45, 7) is 1.94. The number of aryl methyl sites for hydroxylation is 1. The number of carbonyl (C=O) groups is 1. The number of hydrogen-bond acceptors (Lipinski definition) is 3. The number of benzene rings is 2. The fourth-order valence-electron chi connectivity index (χ4n) is 3.00. The summed E-state index contributed by atoms with van der Waals surface area (Å²) >= 11 is 0.